The largest absolute Gasteiger partial charge is 0.396 e. The molecule has 0 aliphatic rings. The Balaban J connectivity index is 2.18. The Morgan fingerprint density at radius 1 is 1.56 bits per heavy atom. The number of pyridine rings is 1. The van der Waals surface area contributed by atoms with E-state index < -0.39 is 0 Å². The molecule has 0 aliphatic carbocycles. The Kier molecular flexibility index (Phi) is 4.44. The van der Waals surface area contributed by atoms with Crippen molar-refractivity contribution in [3.63, 3.8) is 0 Å². The van der Waals surface area contributed by atoms with E-state index >= 15 is 0 Å². The van der Waals surface area contributed by atoms with Gasteiger partial charge < -0.3 is 11.1 Å². The minimum absolute atomic E-state index is 0.256. The summed E-state index contributed by atoms with van der Waals surface area (Å²) >= 11 is 7.59. The number of thiophene rings is 1. The minimum atomic E-state index is 0.256. The third-order valence-corrected chi connectivity index (χ3v) is 3.85. The van der Waals surface area contributed by atoms with Crippen LogP contribution in [0.15, 0.2) is 29.8 Å². The predicted octanol–water partition coefficient (Wildman–Crippen LogP) is 4.33. The Labute approximate surface area is 116 Å². The van der Waals surface area contributed by atoms with Gasteiger partial charge in [0.15, 0.2) is 0 Å². The lowest BCUT2D eigenvalue weighted by atomic mass is 10.1. The highest BCUT2D eigenvalue weighted by Gasteiger charge is 2.13. The molecule has 0 radical (unpaired) electrons. The third-order valence-electron chi connectivity index (χ3n) is 2.66. The summed E-state index contributed by atoms with van der Waals surface area (Å²) in [5.41, 5.74) is 6.50. The fourth-order valence-electron chi connectivity index (χ4n) is 1.80. The normalized spacial score (nSPS) is 12.3. The lowest BCUT2D eigenvalue weighted by molar-refractivity contribution is 0.685. The van der Waals surface area contributed by atoms with Gasteiger partial charge in [-0.3, -0.25) is 0 Å². The molecule has 0 saturated heterocycles. The first-order valence-electron chi connectivity index (χ1n) is 5.91. The molecule has 2 aromatic rings. The Morgan fingerprint density at radius 2 is 2.39 bits per heavy atom. The number of rotatable bonds is 5. The molecule has 2 aromatic heterocycles. The summed E-state index contributed by atoms with van der Waals surface area (Å²) in [5, 5.41) is 6.03. The highest BCUT2D eigenvalue weighted by atomic mass is 35.5. The quantitative estimate of drug-likeness (QED) is 0.857. The molecule has 96 valence electrons. The van der Waals surface area contributed by atoms with Gasteiger partial charge in [-0.1, -0.05) is 31.0 Å². The van der Waals surface area contributed by atoms with E-state index in [1.54, 1.807) is 23.6 Å². The van der Waals surface area contributed by atoms with E-state index in [0.717, 1.165) is 12.8 Å². The summed E-state index contributed by atoms with van der Waals surface area (Å²) < 4.78 is 0. The molecule has 2 heterocycles. The van der Waals surface area contributed by atoms with Gasteiger partial charge in [-0.2, -0.15) is 0 Å². The summed E-state index contributed by atoms with van der Waals surface area (Å²) in [6, 6.07) is 6.16. The smallest absolute Gasteiger partial charge is 0.149 e. The lowest BCUT2D eigenvalue weighted by Crippen LogP contribution is -2.11. The lowest BCUT2D eigenvalue weighted by Gasteiger charge is -2.18. The van der Waals surface area contributed by atoms with Crippen LogP contribution >= 0.6 is 22.9 Å². The maximum atomic E-state index is 5.91. The van der Waals surface area contributed by atoms with Gasteiger partial charge >= 0.3 is 0 Å². The average Bonchev–Trinajstić information content (AvgIpc) is 2.85. The van der Waals surface area contributed by atoms with E-state index in [0.29, 0.717) is 16.5 Å². The first-order valence-corrected chi connectivity index (χ1v) is 7.17. The number of hydrogen-bond acceptors (Lipinski definition) is 4. The molecule has 3 N–H and O–H groups in total. The first-order chi connectivity index (χ1) is 8.70. The van der Waals surface area contributed by atoms with Crippen LogP contribution in [0.25, 0.3) is 0 Å². The van der Waals surface area contributed by atoms with Crippen molar-refractivity contribution in [1.29, 1.82) is 0 Å². The number of hydrogen-bond donors (Lipinski definition) is 2. The number of nitrogen functional groups attached to an aromatic ring is 1. The van der Waals surface area contributed by atoms with Crippen molar-refractivity contribution in [2.24, 2.45) is 0 Å². The van der Waals surface area contributed by atoms with Crippen molar-refractivity contribution in [3.05, 3.63) is 39.7 Å². The number of halogens is 1. The van der Waals surface area contributed by atoms with Crippen LogP contribution in [0, 0.1) is 0 Å². The van der Waals surface area contributed by atoms with Gasteiger partial charge in [-0.15, -0.1) is 11.3 Å². The molecular formula is C13H16ClN3S. The topological polar surface area (TPSA) is 50.9 Å². The minimum Gasteiger partial charge on any atom is -0.396 e. The van der Waals surface area contributed by atoms with Crippen LogP contribution in [0.1, 0.15) is 30.7 Å². The van der Waals surface area contributed by atoms with Crippen LogP contribution in [0.4, 0.5) is 11.5 Å². The highest BCUT2D eigenvalue weighted by Crippen LogP contribution is 2.29. The SMILES string of the molecule is CCCC(Nc1ncc(Cl)cc1N)c1cccs1. The third kappa shape index (κ3) is 3.15. The molecule has 0 aliphatic heterocycles. The number of aromatic nitrogens is 1. The zero-order chi connectivity index (χ0) is 13.0. The summed E-state index contributed by atoms with van der Waals surface area (Å²) in [6.45, 7) is 2.17. The monoisotopic (exact) mass is 281 g/mol. The van der Waals surface area contributed by atoms with E-state index in [1.165, 1.54) is 4.88 Å². The highest BCUT2D eigenvalue weighted by molar-refractivity contribution is 7.10. The van der Waals surface area contributed by atoms with Crippen LogP contribution in [0.5, 0.6) is 0 Å². The second kappa shape index (κ2) is 6.07. The van der Waals surface area contributed by atoms with Gasteiger partial charge in [-0.25, -0.2) is 4.98 Å². The maximum Gasteiger partial charge on any atom is 0.149 e. The van der Waals surface area contributed by atoms with Crippen LogP contribution < -0.4 is 11.1 Å². The summed E-state index contributed by atoms with van der Waals surface area (Å²) in [5.74, 6) is 0.700. The van der Waals surface area contributed by atoms with E-state index in [1.807, 2.05) is 0 Å². The zero-order valence-corrected chi connectivity index (χ0v) is 11.8. The molecule has 1 unspecified atom stereocenters. The van der Waals surface area contributed by atoms with Gasteiger partial charge in [-0.05, 0) is 23.9 Å². The summed E-state index contributed by atoms with van der Waals surface area (Å²) in [7, 11) is 0. The molecule has 0 aromatic carbocycles. The second-order valence-electron chi connectivity index (χ2n) is 4.09. The maximum absolute atomic E-state index is 5.91. The fourth-order valence-corrected chi connectivity index (χ4v) is 2.78. The van der Waals surface area contributed by atoms with Crippen molar-refractivity contribution >= 4 is 34.4 Å². The van der Waals surface area contributed by atoms with Crippen LogP contribution in [0.2, 0.25) is 5.02 Å². The van der Waals surface area contributed by atoms with E-state index in [2.05, 4.69) is 34.7 Å². The number of nitrogens with zero attached hydrogens (tertiary/aromatic N) is 1. The van der Waals surface area contributed by atoms with Gasteiger partial charge in [0.2, 0.25) is 0 Å². The van der Waals surface area contributed by atoms with Crippen LogP contribution in [-0.4, -0.2) is 4.98 Å². The van der Waals surface area contributed by atoms with Gasteiger partial charge in [0.1, 0.15) is 5.82 Å². The van der Waals surface area contributed by atoms with Crippen LogP contribution in [0.3, 0.4) is 0 Å². The predicted molar refractivity (Wildman–Crippen MR) is 79.3 cm³/mol. The molecule has 0 fully saturated rings. The van der Waals surface area contributed by atoms with E-state index in [4.69, 9.17) is 17.3 Å². The Morgan fingerprint density at radius 3 is 3.00 bits per heavy atom. The number of nitrogens with two attached hydrogens (primary N) is 1. The second-order valence-corrected chi connectivity index (χ2v) is 5.51. The van der Waals surface area contributed by atoms with Crippen LogP contribution in [-0.2, 0) is 0 Å². The zero-order valence-electron chi connectivity index (χ0n) is 10.2. The molecule has 1 atom stereocenters. The van der Waals surface area contributed by atoms with Gasteiger partial charge in [0.25, 0.3) is 0 Å². The van der Waals surface area contributed by atoms with Crippen molar-refractivity contribution in [3.8, 4) is 0 Å². The molecule has 0 amide bonds. The Hall–Kier alpha value is -1.26. The summed E-state index contributed by atoms with van der Waals surface area (Å²) in [4.78, 5) is 5.55. The Bertz CT molecular complexity index is 499. The molecular weight excluding hydrogens is 266 g/mol. The van der Waals surface area contributed by atoms with E-state index in [-0.39, 0.29) is 6.04 Å². The van der Waals surface area contributed by atoms with Crippen molar-refractivity contribution in [1.82, 2.24) is 4.98 Å². The molecule has 0 spiro atoms. The van der Waals surface area contributed by atoms with E-state index in [9.17, 15) is 0 Å². The van der Waals surface area contributed by atoms with Gasteiger partial charge in [0, 0.05) is 11.1 Å². The molecule has 5 heteroatoms. The molecule has 0 bridgehead atoms. The van der Waals surface area contributed by atoms with Crippen molar-refractivity contribution in [2.45, 2.75) is 25.8 Å². The molecule has 3 nitrogen and oxygen atoms in total. The molecule has 2 rings (SSSR count). The van der Waals surface area contributed by atoms with Crippen molar-refractivity contribution < 1.29 is 0 Å². The van der Waals surface area contributed by atoms with Gasteiger partial charge in [0.05, 0.1) is 16.8 Å². The first kappa shape index (κ1) is 13.2. The fraction of sp³-hybridized carbons (Fsp3) is 0.308. The van der Waals surface area contributed by atoms with Crippen molar-refractivity contribution in [2.75, 3.05) is 11.1 Å². The molecule has 18 heavy (non-hydrogen) atoms. The number of nitrogens with one attached hydrogen (secondary N) is 1. The standard InChI is InChI=1S/C13H16ClN3S/c1-2-4-11(12-5-3-6-18-12)17-13-10(15)7-9(14)8-16-13/h3,5-8,11H,2,4,15H2,1H3,(H,16,17). The summed E-state index contributed by atoms with van der Waals surface area (Å²) in [6.07, 6.45) is 3.75. The molecule has 0 saturated carbocycles. The number of anilines is 2. The average molecular weight is 282 g/mol.